The summed E-state index contributed by atoms with van der Waals surface area (Å²) in [6.45, 7) is 1.96. The number of sulfone groups is 1. The minimum absolute atomic E-state index is 0.273. The Labute approximate surface area is 164 Å². The maximum Gasteiger partial charge on any atom is 0.177 e. The van der Waals surface area contributed by atoms with Crippen LogP contribution in [0.4, 0.5) is 11.4 Å². The van der Waals surface area contributed by atoms with Crippen LogP contribution in [0.3, 0.4) is 0 Å². The smallest absolute Gasteiger partial charge is 0.177 e. The molecule has 0 radical (unpaired) electrons. The number of hydrogen-bond acceptors (Lipinski definition) is 6. The summed E-state index contributed by atoms with van der Waals surface area (Å²) in [6.07, 6.45) is 10.5. The SMILES string of the molecule is CS(=O)(=O)c1ccccc1-n1cc(NC2CCN(c3ccncc3)CC2)cn1. The van der Waals surface area contributed by atoms with Crippen LogP contribution < -0.4 is 10.2 Å². The molecule has 1 aliphatic heterocycles. The monoisotopic (exact) mass is 397 g/mol. The van der Waals surface area contributed by atoms with E-state index in [2.05, 4.69) is 20.3 Å². The number of hydrogen-bond donors (Lipinski definition) is 1. The topological polar surface area (TPSA) is 80.1 Å². The van der Waals surface area contributed by atoms with Crippen LogP contribution in [-0.2, 0) is 9.84 Å². The third kappa shape index (κ3) is 4.01. The van der Waals surface area contributed by atoms with E-state index in [1.54, 1.807) is 29.1 Å². The molecule has 0 saturated carbocycles. The number of rotatable bonds is 5. The number of nitrogens with zero attached hydrogens (tertiary/aromatic N) is 4. The molecule has 0 bridgehead atoms. The summed E-state index contributed by atoms with van der Waals surface area (Å²) >= 11 is 0. The molecule has 1 saturated heterocycles. The summed E-state index contributed by atoms with van der Waals surface area (Å²) in [6, 6.07) is 11.3. The van der Waals surface area contributed by atoms with Crippen molar-refractivity contribution in [2.75, 3.05) is 29.6 Å². The van der Waals surface area contributed by atoms with Crippen LogP contribution in [0.5, 0.6) is 0 Å². The van der Waals surface area contributed by atoms with Crippen LogP contribution in [0.2, 0.25) is 0 Å². The predicted octanol–water partition coefficient (Wildman–Crippen LogP) is 2.75. The lowest BCUT2D eigenvalue weighted by molar-refractivity contribution is 0.526. The average Bonchev–Trinajstić information content (AvgIpc) is 3.17. The number of anilines is 2. The van der Waals surface area contributed by atoms with Crippen LogP contribution in [0.25, 0.3) is 5.69 Å². The minimum Gasteiger partial charge on any atom is -0.380 e. The van der Waals surface area contributed by atoms with Crippen molar-refractivity contribution in [2.24, 2.45) is 0 Å². The van der Waals surface area contributed by atoms with Gasteiger partial charge >= 0.3 is 0 Å². The average molecular weight is 398 g/mol. The number of para-hydroxylation sites is 1. The highest BCUT2D eigenvalue weighted by atomic mass is 32.2. The first kappa shape index (κ1) is 18.5. The highest BCUT2D eigenvalue weighted by Crippen LogP contribution is 2.23. The van der Waals surface area contributed by atoms with E-state index in [-0.39, 0.29) is 4.90 Å². The number of aromatic nitrogens is 3. The first-order valence-electron chi connectivity index (χ1n) is 9.26. The minimum atomic E-state index is -3.32. The second-order valence-electron chi connectivity index (χ2n) is 7.02. The predicted molar refractivity (Wildman–Crippen MR) is 110 cm³/mol. The molecule has 0 atom stereocenters. The van der Waals surface area contributed by atoms with Crippen LogP contribution in [0.15, 0.2) is 66.1 Å². The Balaban J connectivity index is 1.43. The molecule has 0 amide bonds. The molecule has 3 heterocycles. The zero-order valence-electron chi connectivity index (χ0n) is 15.7. The van der Waals surface area contributed by atoms with Gasteiger partial charge in [0.25, 0.3) is 0 Å². The van der Waals surface area contributed by atoms with Crippen molar-refractivity contribution in [1.82, 2.24) is 14.8 Å². The first-order valence-corrected chi connectivity index (χ1v) is 11.2. The molecule has 0 spiro atoms. The van der Waals surface area contributed by atoms with Gasteiger partial charge in [0.1, 0.15) is 0 Å². The van der Waals surface area contributed by atoms with Crippen molar-refractivity contribution in [1.29, 1.82) is 0 Å². The van der Waals surface area contributed by atoms with Gasteiger partial charge in [-0.05, 0) is 37.1 Å². The van der Waals surface area contributed by atoms with Crippen LogP contribution in [0.1, 0.15) is 12.8 Å². The van der Waals surface area contributed by atoms with Crippen LogP contribution >= 0.6 is 0 Å². The lowest BCUT2D eigenvalue weighted by atomic mass is 10.0. The lowest BCUT2D eigenvalue weighted by Gasteiger charge is -2.34. The van der Waals surface area contributed by atoms with Gasteiger partial charge in [-0.2, -0.15) is 5.10 Å². The molecule has 2 aromatic heterocycles. The molecule has 28 heavy (non-hydrogen) atoms. The van der Waals surface area contributed by atoms with Gasteiger partial charge in [-0.3, -0.25) is 4.98 Å². The number of nitrogens with one attached hydrogen (secondary N) is 1. The molecule has 146 valence electrons. The van der Waals surface area contributed by atoms with Crippen LogP contribution in [0, 0.1) is 0 Å². The fourth-order valence-electron chi connectivity index (χ4n) is 3.56. The molecule has 1 fully saturated rings. The Morgan fingerprint density at radius 3 is 2.50 bits per heavy atom. The van der Waals surface area contributed by atoms with E-state index < -0.39 is 9.84 Å². The zero-order valence-corrected chi connectivity index (χ0v) is 16.5. The van der Waals surface area contributed by atoms with Gasteiger partial charge in [-0.25, -0.2) is 13.1 Å². The summed E-state index contributed by atoms with van der Waals surface area (Å²) in [5.74, 6) is 0. The number of pyridine rings is 1. The molecule has 1 N–H and O–H groups in total. The fraction of sp³-hybridized carbons (Fsp3) is 0.300. The van der Waals surface area contributed by atoms with Gasteiger partial charge < -0.3 is 10.2 Å². The van der Waals surface area contributed by atoms with Gasteiger partial charge in [0.2, 0.25) is 0 Å². The Morgan fingerprint density at radius 1 is 1.07 bits per heavy atom. The Morgan fingerprint density at radius 2 is 1.79 bits per heavy atom. The molecule has 1 aliphatic rings. The van der Waals surface area contributed by atoms with Crippen molar-refractivity contribution in [3.05, 3.63) is 61.2 Å². The lowest BCUT2D eigenvalue weighted by Crippen LogP contribution is -2.39. The molecule has 4 rings (SSSR count). The summed E-state index contributed by atoms with van der Waals surface area (Å²) in [5.41, 5.74) is 2.66. The van der Waals surface area contributed by atoms with E-state index in [1.807, 2.05) is 36.8 Å². The maximum atomic E-state index is 12.0. The standard InChI is InChI=1S/C20H23N5O2S/c1-28(26,27)20-5-3-2-4-19(20)25-15-17(14-22-25)23-16-8-12-24(13-9-16)18-6-10-21-11-7-18/h2-7,10-11,14-16,23H,8-9,12-13H2,1H3. The molecular weight excluding hydrogens is 374 g/mol. The molecule has 3 aromatic rings. The molecule has 0 aliphatic carbocycles. The van der Waals surface area contributed by atoms with Crippen molar-refractivity contribution in [2.45, 2.75) is 23.8 Å². The van der Waals surface area contributed by atoms with Gasteiger partial charge in [0.15, 0.2) is 9.84 Å². The second-order valence-corrected chi connectivity index (χ2v) is 9.01. The number of piperidine rings is 1. The maximum absolute atomic E-state index is 12.0. The Kier molecular flexibility index (Phi) is 5.04. The molecule has 8 heteroatoms. The fourth-order valence-corrected chi connectivity index (χ4v) is 4.43. The second kappa shape index (κ2) is 7.63. The Bertz CT molecular complexity index is 1040. The quantitative estimate of drug-likeness (QED) is 0.713. The molecule has 7 nitrogen and oxygen atoms in total. The third-order valence-corrected chi connectivity index (χ3v) is 6.13. The van der Waals surface area contributed by atoms with Gasteiger partial charge in [-0.1, -0.05) is 12.1 Å². The summed E-state index contributed by atoms with van der Waals surface area (Å²) < 4.78 is 25.7. The van der Waals surface area contributed by atoms with Crippen molar-refractivity contribution in [3.63, 3.8) is 0 Å². The third-order valence-electron chi connectivity index (χ3n) is 4.99. The van der Waals surface area contributed by atoms with Gasteiger partial charge in [-0.15, -0.1) is 0 Å². The number of benzene rings is 1. The van der Waals surface area contributed by atoms with E-state index in [0.717, 1.165) is 31.6 Å². The normalized spacial score (nSPS) is 15.5. The first-order chi connectivity index (χ1) is 13.5. The van der Waals surface area contributed by atoms with E-state index >= 15 is 0 Å². The van der Waals surface area contributed by atoms with E-state index in [1.165, 1.54) is 11.9 Å². The van der Waals surface area contributed by atoms with Crippen molar-refractivity contribution >= 4 is 21.2 Å². The largest absolute Gasteiger partial charge is 0.380 e. The van der Waals surface area contributed by atoms with E-state index in [4.69, 9.17) is 0 Å². The highest BCUT2D eigenvalue weighted by molar-refractivity contribution is 7.90. The highest BCUT2D eigenvalue weighted by Gasteiger charge is 2.20. The molecule has 0 unspecified atom stereocenters. The van der Waals surface area contributed by atoms with Gasteiger partial charge in [0.05, 0.1) is 28.7 Å². The molecule has 1 aromatic carbocycles. The van der Waals surface area contributed by atoms with Crippen LogP contribution in [-0.4, -0.2) is 48.6 Å². The zero-order chi connectivity index (χ0) is 19.6. The van der Waals surface area contributed by atoms with Crippen molar-refractivity contribution in [3.8, 4) is 5.69 Å². The van der Waals surface area contributed by atoms with E-state index in [9.17, 15) is 8.42 Å². The summed E-state index contributed by atoms with van der Waals surface area (Å²) in [4.78, 5) is 6.71. The van der Waals surface area contributed by atoms with Gasteiger partial charge in [0, 0.05) is 43.5 Å². The molecular formula is C20H23N5O2S. The van der Waals surface area contributed by atoms with E-state index in [0.29, 0.717) is 11.7 Å². The van der Waals surface area contributed by atoms with Crippen molar-refractivity contribution < 1.29 is 8.42 Å². The Hall–Kier alpha value is -2.87. The summed E-state index contributed by atoms with van der Waals surface area (Å²) in [7, 11) is -3.32. The summed E-state index contributed by atoms with van der Waals surface area (Å²) in [5, 5.41) is 7.89.